The van der Waals surface area contributed by atoms with E-state index < -0.39 is 23.6 Å². The molecule has 1 unspecified atom stereocenters. The number of ether oxygens (including phenoxy) is 1. The van der Waals surface area contributed by atoms with Crippen LogP contribution in [0.15, 0.2) is 54.6 Å². The van der Waals surface area contributed by atoms with Gasteiger partial charge in [0.2, 0.25) is 0 Å². The van der Waals surface area contributed by atoms with Gasteiger partial charge in [-0.25, -0.2) is 0 Å². The van der Waals surface area contributed by atoms with Crippen LogP contribution in [0.25, 0.3) is 0 Å². The van der Waals surface area contributed by atoms with Crippen LogP contribution in [0.4, 0.5) is 13.2 Å². The maximum Gasteiger partial charge on any atom is 0.416 e. The van der Waals surface area contributed by atoms with Gasteiger partial charge in [0, 0.05) is 0 Å². The Hall–Kier alpha value is -2.50. The minimum absolute atomic E-state index is 0.0167. The minimum Gasteiger partial charge on any atom is -0.492 e. The zero-order chi connectivity index (χ0) is 16.2. The summed E-state index contributed by atoms with van der Waals surface area (Å²) in [6, 6.07) is 12.8. The van der Waals surface area contributed by atoms with Crippen LogP contribution >= 0.6 is 0 Å². The molecule has 0 aliphatic carbocycles. The average Bonchev–Trinajstić information content (AvgIpc) is 2.48. The highest BCUT2D eigenvalue weighted by molar-refractivity contribution is 5.76. The van der Waals surface area contributed by atoms with Gasteiger partial charge < -0.3 is 9.84 Å². The van der Waals surface area contributed by atoms with Gasteiger partial charge in [-0.1, -0.05) is 36.4 Å². The lowest BCUT2D eigenvalue weighted by atomic mass is 10.0. The van der Waals surface area contributed by atoms with E-state index in [9.17, 15) is 23.1 Å². The van der Waals surface area contributed by atoms with Crippen molar-refractivity contribution in [3.05, 3.63) is 65.7 Å². The lowest BCUT2D eigenvalue weighted by Gasteiger charge is -2.15. The lowest BCUT2D eigenvalue weighted by Crippen LogP contribution is -2.19. The van der Waals surface area contributed by atoms with Crippen molar-refractivity contribution < 1.29 is 27.8 Å². The fourth-order valence-electron chi connectivity index (χ4n) is 1.94. The molecule has 0 bridgehead atoms. The molecule has 6 heteroatoms. The molecule has 0 amide bonds. The topological polar surface area (TPSA) is 46.5 Å². The summed E-state index contributed by atoms with van der Waals surface area (Å²) in [5.74, 6) is -2.06. The number of aliphatic carboxylic acids is 1. The number of hydrogen-bond donors (Lipinski definition) is 1. The molecule has 22 heavy (non-hydrogen) atoms. The van der Waals surface area contributed by atoms with Crippen molar-refractivity contribution in [2.45, 2.75) is 12.1 Å². The smallest absolute Gasteiger partial charge is 0.416 e. The molecule has 0 radical (unpaired) electrons. The van der Waals surface area contributed by atoms with Gasteiger partial charge in [0.15, 0.2) is 0 Å². The molecular formula is C16H13F3O3. The van der Waals surface area contributed by atoms with Crippen LogP contribution in [-0.4, -0.2) is 17.7 Å². The molecule has 2 aromatic carbocycles. The number of carboxylic acid groups (broad SMARTS) is 1. The molecule has 0 aromatic heterocycles. The summed E-state index contributed by atoms with van der Waals surface area (Å²) in [7, 11) is 0. The molecule has 1 N–H and O–H groups in total. The summed E-state index contributed by atoms with van der Waals surface area (Å²) in [5.41, 5.74) is -0.307. The predicted octanol–water partition coefficient (Wildman–Crippen LogP) is 3.95. The molecule has 0 fully saturated rings. The Balaban J connectivity index is 2.12. The molecule has 2 aromatic rings. The Morgan fingerprint density at radius 2 is 1.77 bits per heavy atom. The second kappa shape index (κ2) is 6.51. The van der Waals surface area contributed by atoms with Crippen molar-refractivity contribution >= 4 is 5.97 Å². The van der Waals surface area contributed by atoms with Crippen LogP contribution in [0.1, 0.15) is 17.0 Å². The Morgan fingerprint density at radius 1 is 1.09 bits per heavy atom. The maximum absolute atomic E-state index is 12.6. The van der Waals surface area contributed by atoms with E-state index in [2.05, 4.69) is 0 Å². The molecule has 0 aliphatic heterocycles. The Bertz CT molecular complexity index is 639. The quantitative estimate of drug-likeness (QED) is 0.909. The van der Waals surface area contributed by atoms with Gasteiger partial charge >= 0.3 is 12.1 Å². The monoisotopic (exact) mass is 310 g/mol. The Kier molecular flexibility index (Phi) is 4.70. The molecule has 0 aliphatic rings. The van der Waals surface area contributed by atoms with Gasteiger partial charge in [-0.05, 0) is 23.8 Å². The zero-order valence-corrected chi connectivity index (χ0v) is 11.4. The number of alkyl halides is 3. The second-order valence-electron chi connectivity index (χ2n) is 4.64. The molecule has 3 nitrogen and oxygen atoms in total. The fraction of sp³-hybridized carbons (Fsp3) is 0.188. The largest absolute Gasteiger partial charge is 0.492 e. The molecule has 1 atom stereocenters. The van der Waals surface area contributed by atoms with E-state index in [4.69, 9.17) is 4.74 Å². The zero-order valence-electron chi connectivity index (χ0n) is 11.4. The standard InChI is InChI=1S/C16H13F3O3/c17-16(18,19)12-7-4-8-13(9-12)22-10-14(15(20)21)11-5-2-1-3-6-11/h1-9,14H,10H2,(H,20,21). The summed E-state index contributed by atoms with van der Waals surface area (Å²) >= 11 is 0. The molecule has 0 saturated carbocycles. The van der Waals surface area contributed by atoms with E-state index in [1.807, 2.05) is 0 Å². The summed E-state index contributed by atoms with van der Waals surface area (Å²) in [6.45, 7) is -0.249. The summed E-state index contributed by atoms with van der Waals surface area (Å²) in [4.78, 5) is 11.3. The molecule has 2 rings (SSSR count). The van der Waals surface area contributed by atoms with Crippen molar-refractivity contribution in [2.24, 2.45) is 0 Å². The average molecular weight is 310 g/mol. The van der Waals surface area contributed by atoms with E-state index in [-0.39, 0.29) is 12.4 Å². The molecule has 0 saturated heterocycles. The third-order valence-electron chi connectivity index (χ3n) is 3.08. The first kappa shape index (κ1) is 15.9. The van der Waals surface area contributed by atoms with E-state index in [1.54, 1.807) is 30.3 Å². The van der Waals surface area contributed by atoms with Gasteiger partial charge in [0.25, 0.3) is 0 Å². The molecule has 0 heterocycles. The molecule has 116 valence electrons. The summed E-state index contributed by atoms with van der Waals surface area (Å²) in [6.07, 6.45) is -4.47. The Labute approximate surface area is 125 Å². The molecule has 0 spiro atoms. The van der Waals surface area contributed by atoms with Crippen molar-refractivity contribution in [1.29, 1.82) is 0 Å². The highest BCUT2D eigenvalue weighted by Gasteiger charge is 2.30. The third-order valence-corrected chi connectivity index (χ3v) is 3.08. The summed E-state index contributed by atoms with van der Waals surface area (Å²) in [5, 5.41) is 9.23. The van der Waals surface area contributed by atoms with Gasteiger partial charge in [-0.15, -0.1) is 0 Å². The Morgan fingerprint density at radius 3 is 2.36 bits per heavy atom. The number of halogens is 3. The number of hydrogen-bond acceptors (Lipinski definition) is 2. The number of carboxylic acids is 1. The van der Waals surface area contributed by atoms with Crippen LogP contribution in [0, 0.1) is 0 Å². The lowest BCUT2D eigenvalue weighted by molar-refractivity contribution is -0.140. The van der Waals surface area contributed by atoms with Gasteiger partial charge in [0.05, 0.1) is 5.56 Å². The van der Waals surface area contributed by atoms with Gasteiger partial charge in [0.1, 0.15) is 18.3 Å². The van der Waals surface area contributed by atoms with Crippen LogP contribution in [0.3, 0.4) is 0 Å². The first-order chi connectivity index (χ1) is 10.4. The highest BCUT2D eigenvalue weighted by Crippen LogP contribution is 2.31. The first-order valence-electron chi connectivity index (χ1n) is 6.46. The summed E-state index contributed by atoms with van der Waals surface area (Å²) < 4.78 is 43.1. The first-order valence-corrected chi connectivity index (χ1v) is 6.46. The minimum atomic E-state index is -4.47. The van der Waals surface area contributed by atoms with Crippen LogP contribution in [0.2, 0.25) is 0 Å². The van der Waals surface area contributed by atoms with Crippen molar-refractivity contribution in [1.82, 2.24) is 0 Å². The van der Waals surface area contributed by atoms with Crippen molar-refractivity contribution in [3.8, 4) is 5.75 Å². The van der Waals surface area contributed by atoms with Crippen LogP contribution < -0.4 is 4.74 Å². The number of benzene rings is 2. The fourth-order valence-corrected chi connectivity index (χ4v) is 1.94. The van der Waals surface area contributed by atoms with Crippen LogP contribution in [0.5, 0.6) is 5.75 Å². The second-order valence-corrected chi connectivity index (χ2v) is 4.64. The SMILES string of the molecule is O=C(O)C(COc1cccc(C(F)(F)F)c1)c1ccccc1. The van der Waals surface area contributed by atoms with Gasteiger partial charge in [-0.2, -0.15) is 13.2 Å². The van der Waals surface area contributed by atoms with Crippen molar-refractivity contribution in [2.75, 3.05) is 6.61 Å². The van der Waals surface area contributed by atoms with E-state index >= 15 is 0 Å². The van der Waals surface area contributed by atoms with E-state index in [0.717, 1.165) is 12.1 Å². The molecular weight excluding hydrogens is 297 g/mol. The predicted molar refractivity (Wildman–Crippen MR) is 73.8 cm³/mol. The van der Waals surface area contributed by atoms with Crippen LogP contribution in [-0.2, 0) is 11.0 Å². The van der Waals surface area contributed by atoms with Gasteiger partial charge in [-0.3, -0.25) is 4.79 Å². The van der Waals surface area contributed by atoms with Crippen molar-refractivity contribution in [3.63, 3.8) is 0 Å². The van der Waals surface area contributed by atoms with E-state index in [1.165, 1.54) is 12.1 Å². The van der Waals surface area contributed by atoms with E-state index in [0.29, 0.717) is 5.56 Å². The number of carbonyl (C=O) groups is 1. The normalized spacial score (nSPS) is 12.7. The maximum atomic E-state index is 12.6. The highest BCUT2D eigenvalue weighted by atomic mass is 19.4. The third kappa shape index (κ3) is 4.00. The number of rotatable bonds is 5.